The van der Waals surface area contributed by atoms with Crippen LogP contribution >= 0.6 is 0 Å². The summed E-state index contributed by atoms with van der Waals surface area (Å²) < 4.78 is 7.22. The van der Waals surface area contributed by atoms with E-state index in [9.17, 15) is 5.11 Å². The van der Waals surface area contributed by atoms with Crippen molar-refractivity contribution < 1.29 is 9.53 Å². The molecule has 0 aromatic rings. The van der Waals surface area contributed by atoms with Gasteiger partial charge in [-0.15, -0.1) is 0 Å². The molecule has 0 aliphatic heterocycles. The number of fused-ring (bicyclic) bond motifs is 2. The molecular weight excluding hydrogens is 360 g/mol. The maximum Gasteiger partial charge on any atom is 0.192 e. The maximum atomic E-state index is 12.2. The van der Waals surface area contributed by atoms with Gasteiger partial charge in [-0.25, -0.2) is 0 Å². The minimum absolute atomic E-state index is 0.165. The predicted molar refractivity (Wildman–Crippen MR) is 120 cm³/mol. The van der Waals surface area contributed by atoms with E-state index in [1.54, 1.807) is 0 Å². The van der Waals surface area contributed by atoms with Crippen molar-refractivity contribution in [1.29, 1.82) is 0 Å². The molecule has 0 heterocycles. The fourth-order valence-corrected chi connectivity index (χ4v) is 9.78. The van der Waals surface area contributed by atoms with Gasteiger partial charge < -0.3 is 9.53 Å². The third-order valence-electron chi connectivity index (χ3n) is 10.9. The summed E-state index contributed by atoms with van der Waals surface area (Å²) in [5.74, 6) is 1.82. The molecule has 0 unspecified atom stereocenters. The fourth-order valence-electron chi connectivity index (χ4n) is 8.39. The van der Waals surface area contributed by atoms with Crippen LogP contribution in [0.15, 0.2) is 12.2 Å². The zero-order chi connectivity index (χ0) is 21.0. The first-order chi connectivity index (χ1) is 12.7. The lowest BCUT2D eigenvalue weighted by atomic mass is 9.55. The van der Waals surface area contributed by atoms with E-state index in [0.717, 1.165) is 18.8 Å². The van der Waals surface area contributed by atoms with Crippen LogP contribution in [-0.2, 0) is 4.43 Å². The Labute approximate surface area is 174 Å². The summed E-state index contributed by atoms with van der Waals surface area (Å²) in [5, 5.41) is 12.4. The molecule has 4 aliphatic carbocycles. The van der Waals surface area contributed by atoms with E-state index in [4.69, 9.17) is 4.43 Å². The van der Waals surface area contributed by atoms with Crippen LogP contribution in [0.4, 0.5) is 0 Å². The van der Waals surface area contributed by atoms with E-state index in [2.05, 4.69) is 73.7 Å². The highest BCUT2D eigenvalue weighted by Gasteiger charge is 2.82. The lowest BCUT2D eigenvalue weighted by Gasteiger charge is -2.52. The summed E-state index contributed by atoms with van der Waals surface area (Å²) in [6, 6.07) is 0. The Morgan fingerprint density at radius 1 is 1.14 bits per heavy atom. The minimum Gasteiger partial charge on any atom is -0.413 e. The van der Waals surface area contributed by atoms with Crippen LogP contribution in [0.1, 0.15) is 80.6 Å². The van der Waals surface area contributed by atoms with E-state index in [1.165, 1.54) is 19.3 Å². The lowest BCUT2D eigenvalue weighted by Crippen LogP contribution is -2.57. The molecule has 3 saturated carbocycles. The molecule has 0 radical (unpaired) electrons. The standard InChI is InChI=1S/C25H44O2Si/c1-17(2)19-12-14-24-15-18-11-10-13-25(18,26)23(24,7)20(16-22(19,24)6)27-28(8,9)21(3,4)5/h10,13,17-20,26H,11-12,14-16H2,1-9H3/t18-,19+,20-,22+,23-,24+,25+/m0/s1. The molecule has 28 heavy (non-hydrogen) atoms. The highest BCUT2D eigenvalue weighted by atomic mass is 28.4. The summed E-state index contributed by atoms with van der Waals surface area (Å²) in [7, 11) is -1.92. The number of aliphatic hydroxyl groups is 1. The highest BCUT2D eigenvalue weighted by Crippen LogP contribution is 2.83. The third-order valence-corrected chi connectivity index (χ3v) is 15.4. The molecule has 7 atom stereocenters. The Morgan fingerprint density at radius 3 is 2.36 bits per heavy atom. The molecule has 0 aromatic carbocycles. The van der Waals surface area contributed by atoms with Crippen molar-refractivity contribution in [3.8, 4) is 0 Å². The number of hydrogen-bond acceptors (Lipinski definition) is 2. The fraction of sp³-hybridized carbons (Fsp3) is 0.920. The van der Waals surface area contributed by atoms with Crippen LogP contribution in [0, 0.1) is 34.0 Å². The monoisotopic (exact) mass is 404 g/mol. The average molecular weight is 405 g/mol. The first-order valence-electron chi connectivity index (χ1n) is 11.7. The number of rotatable bonds is 3. The summed E-state index contributed by atoms with van der Waals surface area (Å²) >= 11 is 0. The Bertz CT molecular complexity index is 691. The van der Waals surface area contributed by atoms with Gasteiger partial charge in [-0.05, 0) is 78.8 Å². The molecule has 3 fully saturated rings. The molecule has 0 bridgehead atoms. The van der Waals surface area contributed by atoms with Gasteiger partial charge in [-0.2, -0.15) is 0 Å². The van der Waals surface area contributed by atoms with Crippen molar-refractivity contribution in [2.24, 2.45) is 34.0 Å². The van der Waals surface area contributed by atoms with E-state index in [1.807, 2.05) is 0 Å². The van der Waals surface area contributed by atoms with Gasteiger partial charge in [0, 0.05) is 5.41 Å². The summed E-state index contributed by atoms with van der Waals surface area (Å²) in [6.07, 6.45) is 10.5. The van der Waals surface area contributed by atoms with Crippen molar-refractivity contribution in [1.82, 2.24) is 0 Å². The van der Waals surface area contributed by atoms with Crippen molar-refractivity contribution >= 4 is 8.32 Å². The molecule has 4 rings (SSSR count). The second-order valence-corrected chi connectivity index (χ2v) is 17.8. The van der Waals surface area contributed by atoms with Gasteiger partial charge in [0.25, 0.3) is 0 Å². The second-order valence-electron chi connectivity index (χ2n) is 13.0. The Balaban J connectivity index is 1.85. The quantitative estimate of drug-likeness (QED) is 0.426. The topological polar surface area (TPSA) is 29.5 Å². The number of allylic oxidation sites excluding steroid dienone is 1. The number of hydrogen-bond donors (Lipinski definition) is 1. The van der Waals surface area contributed by atoms with Gasteiger partial charge in [-0.3, -0.25) is 0 Å². The van der Waals surface area contributed by atoms with Crippen molar-refractivity contribution in [2.45, 2.75) is 110 Å². The van der Waals surface area contributed by atoms with Gasteiger partial charge in [-0.1, -0.05) is 60.6 Å². The zero-order valence-corrected chi connectivity index (χ0v) is 20.9. The second kappa shape index (κ2) is 5.76. The molecule has 160 valence electrons. The van der Waals surface area contributed by atoms with Crippen LogP contribution in [-0.4, -0.2) is 25.1 Å². The molecular formula is C25H44O2Si. The van der Waals surface area contributed by atoms with Gasteiger partial charge in [0.15, 0.2) is 8.32 Å². The molecule has 3 heteroatoms. The van der Waals surface area contributed by atoms with Crippen molar-refractivity contribution in [3.05, 3.63) is 12.2 Å². The Hall–Kier alpha value is -0.123. The normalized spacial score (nSPS) is 50.3. The lowest BCUT2D eigenvalue weighted by molar-refractivity contribution is -0.119. The smallest absolute Gasteiger partial charge is 0.192 e. The SMILES string of the molecule is CC(C)[C@H]1CC[C@]23C[C@@H]4CC=C[C@]4(O)[C@@]2(C)[C@@H](O[Si](C)(C)C(C)(C)C)C[C@]13C. The van der Waals surface area contributed by atoms with E-state index in [0.29, 0.717) is 11.8 Å². The molecule has 0 aromatic heterocycles. The summed E-state index contributed by atoms with van der Waals surface area (Å²) in [4.78, 5) is 0. The third kappa shape index (κ3) is 2.17. The zero-order valence-electron chi connectivity index (χ0n) is 19.9. The van der Waals surface area contributed by atoms with Gasteiger partial charge >= 0.3 is 0 Å². The molecule has 4 aliphatic rings. The van der Waals surface area contributed by atoms with Crippen LogP contribution in [0.5, 0.6) is 0 Å². The van der Waals surface area contributed by atoms with Crippen LogP contribution in [0.25, 0.3) is 0 Å². The highest BCUT2D eigenvalue weighted by molar-refractivity contribution is 6.74. The molecule has 2 nitrogen and oxygen atoms in total. The minimum atomic E-state index is -1.92. The molecule has 1 N–H and O–H groups in total. The van der Waals surface area contributed by atoms with Gasteiger partial charge in [0.05, 0.1) is 11.7 Å². The molecule has 0 saturated heterocycles. The molecule has 0 amide bonds. The van der Waals surface area contributed by atoms with E-state index < -0.39 is 13.9 Å². The maximum absolute atomic E-state index is 12.2. The van der Waals surface area contributed by atoms with Crippen molar-refractivity contribution in [2.75, 3.05) is 0 Å². The largest absolute Gasteiger partial charge is 0.413 e. The van der Waals surface area contributed by atoms with Gasteiger partial charge in [0.1, 0.15) is 0 Å². The summed E-state index contributed by atoms with van der Waals surface area (Å²) in [6.45, 7) is 21.6. The van der Waals surface area contributed by atoms with Crippen LogP contribution < -0.4 is 0 Å². The molecule has 1 spiro atoms. The predicted octanol–water partition coefficient (Wildman–Crippen LogP) is 6.56. The van der Waals surface area contributed by atoms with Crippen LogP contribution in [0.3, 0.4) is 0 Å². The van der Waals surface area contributed by atoms with Crippen molar-refractivity contribution in [3.63, 3.8) is 0 Å². The van der Waals surface area contributed by atoms with E-state index in [-0.39, 0.29) is 27.4 Å². The van der Waals surface area contributed by atoms with Gasteiger partial charge in [0.2, 0.25) is 0 Å². The van der Waals surface area contributed by atoms with E-state index >= 15 is 0 Å². The van der Waals surface area contributed by atoms with Crippen LogP contribution in [0.2, 0.25) is 18.1 Å². The average Bonchev–Trinajstić information content (AvgIpc) is 3.14. The first-order valence-corrected chi connectivity index (χ1v) is 14.6. The summed E-state index contributed by atoms with van der Waals surface area (Å²) in [5.41, 5.74) is -0.377. The Morgan fingerprint density at radius 2 is 1.79 bits per heavy atom. The Kier molecular flexibility index (Phi) is 4.35. The first kappa shape index (κ1) is 21.1.